The molecule has 2 atom stereocenters. The van der Waals surface area contributed by atoms with E-state index in [0.29, 0.717) is 12.6 Å². The van der Waals surface area contributed by atoms with E-state index >= 15 is 0 Å². The molecule has 2 heterocycles. The van der Waals surface area contributed by atoms with Crippen LogP contribution in [0.4, 0.5) is 0 Å². The summed E-state index contributed by atoms with van der Waals surface area (Å²) in [6.07, 6.45) is 4.33. The highest BCUT2D eigenvalue weighted by atomic mass is 16.2. The maximum absolute atomic E-state index is 12.7. The van der Waals surface area contributed by atoms with Crippen LogP contribution < -0.4 is 5.32 Å². The zero-order chi connectivity index (χ0) is 20.2. The molecule has 0 radical (unpaired) electrons. The number of hydrogen-bond acceptors (Lipinski definition) is 2. The van der Waals surface area contributed by atoms with Crippen molar-refractivity contribution < 1.29 is 4.79 Å². The van der Waals surface area contributed by atoms with Gasteiger partial charge >= 0.3 is 0 Å². The van der Waals surface area contributed by atoms with Gasteiger partial charge in [-0.05, 0) is 55.1 Å². The normalized spacial score (nSPS) is 17.9. The fourth-order valence-corrected chi connectivity index (χ4v) is 4.32. The molecule has 1 aliphatic heterocycles. The highest BCUT2D eigenvalue weighted by Gasteiger charge is 2.29. The van der Waals surface area contributed by atoms with Gasteiger partial charge < -0.3 is 9.88 Å². The van der Waals surface area contributed by atoms with E-state index in [1.54, 1.807) is 0 Å². The minimum absolute atomic E-state index is 0.0107. The lowest BCUT2D eigenvalue weighted by molar-refractivity contribution is -0.123. The highest BCUT2D eigenvalue weighted by Crippen LogP contribution is 2.31. The lowest BCUT2D eigenvalue weighted by Crippen LogP contribution is -2.38. The molecule has 4 rings (SSSR count). The van der Waals surface area contributed by atoms with Gasteiger partial charge in [0.1, 0.15) is 0 Å². The Morgan fingerprint density at radius 3 is 2.45 bits per heavy atom. The number of carbonyl (C=O) groups excluding carboxylic acids is 1. The lowest BCUT2D eigenvalue weighted by atomic mass is 10.0. The van der Waals surface area contributed by atoms with Crippen molar-refractivity contribution in [1.82, 2.24) is 14.8 Å². The van der Waals surface area contributed by atoms with E-state index in [9.17, 15) is 4.79 Å². The van der Waals surface area contributed by atoms with Crippen molar-refractivity contribution in [3.05, 3.63) is 84.2 Å². The SMILES string of the molecule is C[C@@H](NC(=O)CN1CCC[C@H]1c1cccn1C)c1ccc(-c2ccccc2)cc1. The van der Waals surface area contributed by atoms with Crippen LogP contribution in [0.1, 0.15) is 43.1 Å². The zero-order valence-electron chi connectivity index (χ0n) is 17.2. The number of rotatable bonds is 6. The maximum atomic E-state index is 12.7. The second-order valence-electron chi connectivity index (χ2n) is 7.95. The zero-order valence-corrected chi connectivity index (χ0v) is 17.2. The summed E-state index contributed by atoms with van der Waals surface area (Å²) in [5.41, 5.74) is 4.81. The molecule has 1 amide bonds. The molecule has 1 aliphatic rings. The fraction of sp³-hybridized carbons (Fsp3) is 0.320. The molecule has 0 spiro atoms. The summed E-state index contributed by atoms with van der Waals surface area (Å²) in [5.74, 6) is 0.0887. The summed E-state index contributed by atoms with van der Waals surface area (Å²) in [6, 6.07) is 23.4. The average Bonchev–Trinajstić information content (AvgIpc) is 3.37. The van der Waals surface area contributed by atoms with Gasteiger partial charge in [-0.15, -0.1) is 0 Å². The van der Waals surface area contributed by atoms with Crippen LogP contribution in [-0.2, 0) is 11.8 Å². The first-order valence-electron chi connectivity index (χ1n) is 10.4. The van der Waals surface area contributed by atoms with Crippen LogP contribution in [0.2, 0.25) is 0 Å². The molecule has 0 aliphatic carbocycles. The third kappa shape index (κ3) is 4.43. The summed E-state index contributed by atoms with van der Waals surface area (Å²) in [7, 11) is 2.08. The van der Waals surface area contributed by atoms with Crippen molar-refractivity contribution in [3.8, 4) is 11.1 Å². The molecule has 29 heavy (non-hydrogen) atoms. The number of hydrogen-bond donors (Lipinski definition) is 1. The summed E-state index contributed by atoms with van der Waals surface area (Å²) in [6.45, 7) is 3.47. The molecule has 1 fully saturated rings. The Morgan fingerprint density at radius 1 is 1.03 bits per heavy atom. The average molecular weight is 388 g/mol. The molecule has 0 saturated carbocycles. The van der Waals surface area contributed by atoms with E-state index < -0.39 is 0 Å². The van der Waals surface area contributed by atoms with Crippen LogP contribution in [0.15, 0.2) is 72.9 Å². The Hall–Kier alpha value is -2.85. The number of aromatic nitrogens is 1. The lowest BCUT2D eigenvalue weighted by Gasteiger charge is -2.25. The predicted molar refractivity (Wildman–Crippen MR) is 117 cm³/mol. The molecular weight excluding hydrogens is 358 g/mol. The Morgan fingerprint density at radius 2 is 1.76 bits per heavy atom. The fourth-order valence-electron chi connectivity index (χ4n) is 4.32. The molecule has 2 aromatic carbocycles. The van der Waals surface area contributed by atoms with E-state index in [0.717, 1.165) is 24.9 Å². The van der Waals surface area contributed by atoms with Crippen LogP contribution in [0.25, 0.3) is 11.1 Å². The molecule has 1 saturated heterocycles. The largest absolute Gasteiger partial charge is 0.353 e. The summed E-state index contributed by atoms with van der Waals surface area (Å²) < 4.78 is 2.16. The van der Waals surface area contributed by atoms with Crippen LogP contribution >= 0.6 is 0 Å². The van der Waals surface area contributed by atoms with Gasteiger partial charge in [0.15, 0.2) is 0 Å². The van der Waals surface area contributed by atoms with Crippen LogP contribution in [0.3, 0.4) is 0 Å². The first-order chi connectivity index (χ1) is 14.1. The van der Waals surface area contributed by atoms with Gasteiger partial charge in [0.2, 0.25) is 5.91 Å². The van der Waals surface area contributed by atoms with Crippen LogP contribution in [0, 0.1) is 0 Å². The molecule has 4 heteroatoms. The summed E-state index contributed by atoms with van der Waals surface area (Å²) in [5, 5.41) is 3.18. The van der Waals surface area contributed by atoms with Gasteiger partial charge in [-0.2, -0.15) is 0 Å². The minimum Gasteiger partial charge on any atom is -0.353 e. The number of nitrogens with one attached hydrogen (secondary N) is 1. The first kappa shape index (κ1) is 19.5. The number of benzene rings is 2. The van der Waals surface area contributed by atoms with Crippen molar-refractivity contribution in [2.45, 2.75) is 31.8 Å². The minimum atomic E-state index is -0.0107. The number of carbonyl (C=O) groups is 1. The third-order valence-electron chi connectivity index (χ3n) is 5.93. The molecule has 3 aromatic rings. The third-order valence-corrected chi connectivity index (χ3v) is 5.93. The Balaban J connectivity index is 1.36. The number of amides is 1. The van der Waals surface area contributed by atoms with Crippen molar-refractivity contribution in [2.75, 3.05) is 13.1 Å². The van der Waals surface area contributed by atoms with E-state index in [-0.39, 0.29) is 11.9 Å². The first-order valence-corrected chi connectivity index (χ1v) is 10.4. The van der Waals surface area contributed by atoms with Gasteiger partial charge in [-0.25, -0.2) is 0 Å². The summed E-state index contributed by atoms with van der Waals surface area (Å²) in [4.78, 5) is 15.0. The highest BCUT2D eigenvalue weighted by molar-refractivity contribution is 5.78. The van der Waals surface area contributed by atoms with Gasteiger partial charge in [0, 0.05) is 18.9 Å². The second kappa shape index (κ2) is 8.66. The van der Waals surface area contributed by atoms with Crippen molar-refractivity contribution in [2.24, 2.45) is 7.05 Å². The topological polar surface area (TPSA) is 37.3 Å². The molecule has 0 unspecified atom stereocenters. The number of nitrogens with zero attached hydrogens (tertiary/aromatic N) is 2. The quantitative estimate of drug-likeness (QED) is 0.665. The molecule has 0 bridgehead atoms. The predicted octanol–water partition coefficient (Wildman–Crippen LogP) is 4.71. The molecule has 150 valence electrons. The van der Waals surface area contributed by atoms with Gasteiger partial charge in [0.25, 0.3) is 0 Å². The number of likely N-dealkylation sites (tertiary alicyclic amines) is 1. The van der Waals surface area contributed by atoms with E-state index in [4.69, 9.17) is 0 Å². The van der Waals surface area contributed by atoms with Crippen molar-refractivity contribution >= 4 is 5.91 Å². The van der Waals surface area contributed by atoms with Gasteiger partial charge in [-0.1, -0.05) is 54.6 Å². The molecule has 1 N–H and O–H groups in total. The Kier molecular flexibility index (Phi) is 5.81. The van der Waals surface area contributed by atoms with E-state index in [2.05, 4.69) is 76.6 Å². The van der Waals surface area contributed by atoms with Crippen LogP contribution in [-0.4, -0.2) is 28.5 Å². The van der Waals surface area contributed by atoms with E-state index in [1.165, 1.54) is 16.8 Å². The monoisotopic (exact) mass is 387 g/mol. The maximum Gasteiger partial charge on any atom is 0.234 e. The van der Waals surface area contributed by atoms with E-state index in [1.807, 2.05) is 25.1 Å². The van der Waals surface area contributed by atoms with Gasteiger partial charge in [-0.3, -0.25) is 9.69 Å². The number of aryl methyl sites for hydroxylation is 1. The molecule has 1 aromatic heterocycles. The van der Waals surface area contributed by atoms with Crippen molar-refractivity contribution in [1.29, 1.82) is 0 Å². The Bertz CT molecular complexity index is 946. The van der Waals surface area contributed by atoms with Crippen LogP contribution in [0.5, 0.6) is 0 Å². The smallest absolute Gasteiger partial charge is 0.234 e. The second-order valence-corrected chi connectivity index (χ2v) is 7.95. The van der Waals surface area contributed by atoms with Crippen molar-refractivity contribution in [3.63, 3.8) is 0 Å². The summed E-state index contributed by atoms with van der Waals surface area (Å²) >= 11 is 0. The molecule has 4 nitrogen and oxygen atoms in total. The standard InChI is InChI=1S/C25H29N3O/c1-19(20-12-14-22(15-13-20)21-8-4-3-5-9-21)26-25(29)18-28-17-7-11-24(28)23-10-6-16-27(23)2/h3-6,8-10,12-16,19,24H,7,11,17-18H2,1-2H3,(H,26,29)/t19-,24+/m1/s1. The molecular formula is C25H29N3O. The Labute approximate surface area is 173 Å². The van der Waals surface area contributed by atoms with Gasteiger partial charge in [0.05, 0.1) is 18.6 Å².